The number of nitro benzene ring substituents is 1. The molecule has 6 nitrogen and oxygen atoms in total. The lowest BCUT2D eigenvalue weighted by Gasteiger charge is -2.20. The fourth-order valence-corrected chi connectivity index (χ4v) is 3.68. The Morgan fingerprint density at radius 2 is 2.04 bits per heavy atom. The van der Waals surface area contributed by atoms with Crippen molar-refractivity contribution in [1.82, 2.24) is 0 Å². The van der Waals surface area contributed by atoms with Crippen LogP contribution in [0.1, 0.15) is 22.3 Å². The molecule has 0 aliphatic carbocycles. The largest absolute Gasteiger partial charge is 0.492 e. The van der Waals surface area contributed by atoms with Crippen LogP contribution in [0.3, 0.4) is 0 Å². The molecule has 0 bridgehead atoms. The summed E-state index contributed by atoms with van der Waals surface area (Å²) in [6, 6.07) is 9.19. The second-order valence-electron chi connectivity index (χ2n) is 6.08. The third-order valence-corrected chi connectivity index (χ3v) is 5.09. The monoisotopic (exact) mass is 375 g/mol. The standard InChI is InChI=1S/C19H21NO5S/c1-13-4-3-5-14(2)18(13)24-6-7-26-11-16-9-17(20(21)22)8-15-10-23-12-25-19(15)16/h3-5,8-9H,6-7,10-12H2,1-2H3. The van der Waals surface area contributed by atoms with Gasteiger partial charge in [-0.2, -0.15) is 11.8 Å². The number of hydrogen-bond acceptors (Lipinski definition) is 6. The fraction of sp³-hybridized carbons (Fsp3) is 0.368. The van der Waals surface area contributed by atoms with Crippen LogP contribution >= 0.6 is 11.8 Å². The molecule has 0 aromatic heterocycles. The minimum absolute atomic E-state index is 0.0697. The highest BCUT2D eigenvalue weighted by atomic mass is 32.2. The van der Waals surface area contributed by atoms with Crippen molar-refractivity contribution in [3.63, 3.8) is 0 Å². The van der Waals surface area contributed by atoms with E-state index in [-0.39, 0.29) is 17.4 Å². The number of aryl methyl sites for hydroxylation is 2. The third-order valence-electron chi connectivity index (χ3n) is 4.12. The van der Waals surface area contributed by atoms with Crippen molar-refractivity contribution < 1.29 is 19.1 Å². The van der Waals surface area contributed by atoms with Crippen LogP contribution in [0, 0.1) is 24.0 Å². The van der Waals surface area contributed by atoms with Gasteiger partial charge >= 0.3 is 0 Å². The Labute approximate surface area is 156 Å². The molecule has 0 fully saturated rings. The molecule has 0 unspecified atom stereocenters. The first-order chi connectivity index (χ1) is 12.6. The second kappa shape index (κ2) is 8.42. The number of rotatable bonds is 7. The highest BCUT2D eigenvalue weighted by Crippen LogP contribution is 2.34. The summed E-state index contributed by atoms with van der Waals surface area (Å²) in [5, 5.41) is 11.1. The number of nitrogens with zero attached hydrogens (tertiary/aromatic N) is 1. The summed E-state index contributed by atoms with van der Waals surface area (Å²) >= 11 is 1.66. The van der Waals surface area contributed by atoms with E-state index in [0.717, 1.165) is 33.8 Å². The van der Waals surface area contributed by atoms with E-state index in [1.54, 1.807) is 17.8 Å². The van der Waals surface area contributed by atoms with E-state index in [0.29, 0.717) is 24.7 Å². The Morgan fingerprint density at radius 1 is 1.27 bits per heavy atom. The predicted molar refractivity (Wildman–Crippen MR) is 101 cm³/mol. The number of para-hydroxylation sites is 1. The SMILES string of the molecule is Cc1cccc(C)c1OCCSCc1cc([N+](=O)[O-])cc2c1OCOC2. The van der Waals surface area contributed by atoms with E-state index in [4.69, 9.17) is 14.2 Å². The van der Waals surface area contributed by atoms with Crippen LogP contribution in [-0.4, -0.2) is 24.1 Å². The zero-order valence-corrected chi connectivity index (χ0v) is 15.6. The molecule has 1 heterocycles. The van der Waals surface area contributed by atoms with Crippen molar-refractivity contribution in [2.45, 2.75) is 26.2 Å². The van der Waals surface area contributed by atoms with Gasteiger partial charge in [0.15, 0.2) is 6.79 Å². The molecule has 2 aromatic rings. The molecule has 3 rings (SSSR count). The second-order valence-corrected chi connectivity index (χ2v) is 7.19. The van der Waals surface area contributed by atoms with E-state index in [2.05, 4.69) is 0 Å². The summed E-state index contributed by atoms with van der Waals surface area (Å²) in [7, 11) is 0. The zero-order chi connectivity index (χ0) is 18.5. The highest BCUT2D eigenvalue weighted by molar-refractivity contribution is 7.98. The quantitative estimate of drug-likeness (QED) is 0.406. The number of thioether (sulfide) groups is 1. The van der Waals surface area contributed by atoms with Gasteiger partial charge in [0.2, 0.25) is 0 Å². The lowest BCUT2D eigenvalue weighted by Crippen LogP contribution is -2.13. The average molecular weight is 375 g/mol. The fourth-order valence-electron chi connectivity index (χ4n) is 2.91. The molecule has 0 spiro atoms. The maximum Gasteiger partial charge on any atom is 0.270 e. The van der Waals surface area contributed by atoms with Crippen LogP contribution in [0.5, 0.6) is 11.5 Å². The number of hydrogen-bond donors (Lipinski definition) is 0. The molecule has 0 amide bonds. The Morgan fingerprint density at radius 3 is 2.77 bits per heavy atom. The van der Waals surface area contributed by atoms with E-state index in [1.165, 1.54) is 6.07 Å². The van der Waals surface area contributed by atoms with Crippen LogP contribution < -0.4 is 9.47 Å². The summed E-state index contributed by atoms with van der Waals surface area (Å²) in [5.74, 6) is 3.05. The van der Waals surface area contributed by atoms with Crippen LogP contribution in [0.4, 0.5) is 5.69 Å². The third kappa shape index (κ3) is 4.28. The van der Waals surface area contributed by atoms with Crippen molar-refractivity contribution >= 4 is 17.4 Å². The van der Waals surface area contributed by atoms with Gasteiger partial charge in [0.05, 0.1) is 18.1 Å². The van der Waals surface area contributed by atoms with Gasteiger partial charge in [0, 0.05) is 34.8 Å². The number of fused-ring (bicyclic) bond motifs is 1. The number of benzene rings is 2. The van der Waals surface area contributed by atoms with Gasteiger partial charge in [-0.1, -0.05) is 18.2 Å². The molecule has 0 saturated carbocycles. The Bertz CT molecular complexity index is 789. The summed E-state index contributed by atoms with van der Waals surface area (Å²) in [6.45, 7) is 5.16. The van der Waals surface area contributed by atoms with Gasteiger partial charge in [-0.05, 0) is 25.0 Å². The van der Waals surface area contributed by atoms with Gasteiger partial charge < -0.3 is 14.2 Å². The van der Waals surface area contributed by atoms with Crippen molar-refractivity contribution in [2.24, 2.45) is 0 Å². The first-order valence-corrected chi connectivity index (χ1v) is 9.49. The predicted octanol–water partition coefficient (Wildman–Crippen LogP) is 4.39. The first-order valence-electron chi connectivity index (χ1n) is 8.33. The summed E-state index contributed by atoms with van der Waals surface area (Å²) in [6.07, 6.45) is 0. The van der Waals surface area contributed by atoms with E-state index < -0.39 is 0 Å². The van der Waals surface area contributed by atoms with Crippen molar-refractivity contribution in [2.75, 3.05) is 19.2 Å². The Kier molecular flexibility index (Phi) is 6.00. The minimum atomic E-state index is -0.382. The molecule has 138 valence electrons. The van der Waals surface area contributed by atoms with E-state index in [1.807, 2.05) is 32.0 Å². The van der Waals surface area contributed by atoms with Crippen molar-refractivity contribution in [3.8, 4) is 11.5 Å². The molecule has 2 aromatic carbocycles. The van der Waals surface area contributed by atoms with Gasteiger partial charge in [-0.3, -0.25) is 10.1 Å². The Balaban J connectivity index is 1.59. The normalized spacial score (nSPS) is 13.0. The van der Waals surface area contributed by atoms with Crippen LogP contribution in [-0.2, 0) is 17.1 Å². The molecule has 1 aliphatic heterocycles. The molecular weight excluding hydrogens is 354 g/mol. The lowest BCUT2D eigenvalue weighted by atomic mass is 10.1. The maximum atomic E-state index is 11.1. The number of non-ortho nitro benzene ring substituents is 1. The van der Waals surface area contributed by atoms with Gasteiger partial charge in [0.1, 0.15) is 11.5 Å². The molecule has 1 aliphatic rings. The van der Waals surface area contributed by atoms with Crippen molar-refractivity contribution in [3.05, 3.63) is 62.7 Å². The van der Waals surface area contributed by atoms with Crippen molar-refractivity contribution in [1.29, 1.82) is 0 Å². The topological polar surface area (TPSA) is 70.8 Å². The molecule has 7 heteroatoms. The van der Waals surface area contributed by atoms with Crippen LogP contribution in [0.15, 0.2) is 30.3 Å². The number of ether oxygens (including phenoxy) is 3. The molecule has 0 N–H and O–H groups in total. The summed E-state index contributed by atoms with van der Waals surface area (Å²) in [5.41, 5.74) is 3.87. The van der Waals surface area contributed by atoms with Crippen LogP contribution in [0.2, 0.25) is 0 Å². The molecule has 0 radical (unpaired) electrons. The summed E-state index contributed by atoms with van der Waals surface area (Å²) in [4.78, 5) is 10.8. The molecule has 0 saturated heterocycles. The zero-order valence-electron chi connectivity index (χ0n) is 14.8. The average Bonchev–Trinajstić information content (AvgIpc) is 2.63. The first kappa shape index (κ1) is 18.5. The maximum absolute atomic E-state index is 11.1. The smallest absolute Gasteiger partial charge is 0.270 e. The lowest BCUT2D eigenvalue weighted by molar-refractivity contribution is -0.385. The van der Waals surface area contributed by atoms with Gasteiger partial charge in [-0.15, -0.1) is 0 Å². The van der Waals surface area contributed by atoms with Gasteiger partial charge in [0.25, 0.3) is 5.69 Å². The summed E-state index contributed by atoms with van der Waals surface area (Å²) < 4.78 is 16.7. The van der Waals surface area contributed by atoms with E-state index in [9.17, 15) is 10.1 Å². The highest BCUT2D eigenvalue weighted by Gasteiger charge is 2.20. The number of nitro groups is 1. The minimum Gasteiger partial charge on any atom is -0.492 e. The van der Waals surface area contributed by atoms with E-state index >= 15 is 0 Å². The Hall–Kier alpha value is -2.25. The molecular formula is C19H21NO5S. The van der Waals surface area contributed by atoms with Gasteiger partial charge in [-0.25, -0.2) is 0 Å². The molecule has 0 atom stereocenters. The van der Waals surface area contributed by atoms with Crippen LogP contribution in [0.25, 0.3) is 0 Å². The molecule has 26 heavy (non-hydrogen) atoms.